The van der Waals surface area contributed by atoms with Crippen LogP contribution in [0.5, 0.6) is 0 Å². The van der Waals surface area contributed by atoms with Crippen LogP contribution >= 0.6 is 11.3 Å². The van der Waals surface area contributed by atoms with Crippen molar-refractivity contribution in [3.63, 3.8) is 0 Å². The molecule has 1 aliphatic carbocycles. The zero-order valence-corrected chi connectivity index (χ0v) is 12.1. The number of H-pyrrole nitrogens is 1. The van der Waals surface area contributed by atoms with E-state index in [4.69, 9.17) is 0 Å². The van der Waals surface area contributed by atoms with E-state index in [9.17, 15) is 4.79 Å². The number of hydrogen-bond acceptors (Lipinski definition) is 4. The van der Waals surface area contributed by atoms with Crippen LogP contribution in [0.4, 0.5) is 5.00 Å². The Bertz CT molecular complexity index is 670. The molecule has 2 aromatic rings. The summed E-state index contributed by atoms with van der Waals surface area (Å²) in [4.78, 5) is 13.6. The first-order chi connectivity index (χ1) is 9.72. The molecule has 4 rings (SSSR count). The summed E-state index contributed by atoms with van der Waals surface area (Å²) in [6.45, 7) is 0. The van der Waals surface area contributed by atoms with Gasteiger partial charge in [-0.05, 0) is 37.3 Å². The Morgan fingerprint density at radius 1 is 1.45 bits per heavy atom. The summed E-state index contributed by atoms with van der Waals surface area (Å²) in [7, 11) is 1.86. The van der Waals surface area contributed by atoms with Gasteiger partial charge >= 0.3 is 0 Å². The normalized spacial score (nSPS) is 19.4. The maximum atomic E-state index is 12.5. The number of rotatable bonds is 2. The standard InChI is InChI=1S/C14H16N4OS/c1-15-13-10-8(11(20-13)9-3-6-16-18-9)7-14(4-2-5-14)17-12(10)19/h3,6,15H,2,4-5,7H2,1H3,(H,16,18)(H,17,19). The van der Waals surface area contributed by atoms with Crippen molar-refractivity contribution >= 4 is 22.2 Å². The van der Waals surface area contributed by atoms with Gasteiger partial charge in [0, 0.05) is 18.8 Å². The van der Waals surface area contributed by atoms with Crippen LogP contribution in [0.15, 0.2) is 12.3 Å². The number of carbonyl (C=O) groups is 1. The topological polar surface area (TPSA) is 69.8 Å². The smallest absolute Gasteiger partial charge is 0.255 e. The summed E-state index contributed by atoms with van der Waals surface area (Å²) in [6.07, 6.45) is 6.07. The largest absolute Gasteiger partial charge is 0.379 e. The van der Waals surface area contributed by atoms with E-state index in [1.165, 1.54) is 12.0 Å². The second-order valence-corrected chi connectivity index (χ2v) is 6.62. The lowest BCUT2D eigenvalue weighted by molar-refractivity contribution is 0.0798. The molecule has 2 aliphatic rings. The van der Waals surface area contributed by atoms with E-state index in [-0.39, 0.29) is 11.4 Å². The average Bonchev–Trinajstić information content (AvgIpc) is 3.03. The molecule has 0 atom stereocenters. The molecule has 1 spiro atoms. The van der Waals surface area contributed by atoms with Crippen LogP contribution in [0.1, 0.15) is 35.2 Å². The maximum absolute atomic E-state index is 12.5. The molecule has 2 aromatic heterocycles. The molecule has 6 heteroatoms. The second-order valence-electron chi connectivity index (χ2n) is 5.60. The van der Waals surface area contributed by atoms with Gasteiger partial charge in [-0.15, -0.1) is 11.3 Å². The van der Waals surface area contributed by atoms with E-state index < -0.39 is 0 Å². The van der Waals surface area contributed by atoms with Crippen LogP contribution in [0.2, 0.25) is 0 Å². The molecule has 5 nitrogen and oxygen atoms in total. The average molecular weight is 288 g/mol. The van der Waals surface area contributed by atoms with E-state index >= 15 is 0 Å². The number of fused-ring (bicyclic) bond motifs is 1. The zero-order chi connectivity index (χ0) is 13.7. The number of nitrogens with zero attached hydrogens (tertiary/aromatic N) is 1. The van der Waals surface area contributed by atoms with E-state index in [0.29, 0.717) is 0 Å². The van der Waals surface area contributed by atoms with E-state index in [2.05, 4.69) is 20.8 Å². The lowest BCUT2D eigenvalue weighted by Gasteiger charge is -2.45. The van der Waals surface area contributed by atoms with Crippen LogP contribution < -0.4 is 10.6 Å². The van der Waals surface area contributed by atoms with E-state index in [1.54, 1.807) is 17.5 Å². The van der Waals surface area contributed by atoms with Gasteiger partial charge in [-0.3, -0.25) is 9.89 Å². The molecule has 1 fully saturated rings. The quantitative estimate of drug-likeness (QED) is 0.794. The minimum atomic E-state index is 0.00490. The monoisotopic (exact) mass is 288 g/mol. The van der Waals surface area contributed by atoms with Crippen LogP contribution in [0.25, 0.3) is 10.6 Å². The van der Waals surface area contributed by atoms with Gasteiger partial charge in [0.2, 0.25) is 0 Å². The van der Waals surface area contributed by atoms with Crippen LogP contribution in [0.3, 0.4) is 0 Å². The van der Waals surface area contributed by atoms with Gasteiger partial charge in [-0.1, -0.05) is 0 Å². The first kappa shape index (κ1) is 12.0. The fraction of sp³-hybridized carbons (Fsp3) is 0.429. The van der Waals surface area contributed by atoms with E-state index in [0.717, 1.165) is 40.4 Å². The zero-order valence-electron chi connectivity index (χ0n) is 11.2. The Labute approximate surface area is 120 Å². The number of amides is 1. The summed E-state index contributed by atoms with van der Waals surface area (Å²) in [5.74, 6) is 0.0670. The number of aromatic amines is 1. The Hall–Kier alpha value is -1.82. The highest BCUT2D eigenvalue weighted by atomic mass is 32.1. The van der Waals surface area contributed by atoms with Crippen LogP contribution in [-0.4, -0.2) is 28.7 Å². The van der Waals surface area contributed by atoms with Gasteiger partial charge in [0.15, 0.2) is 0 Å². The predicted octanol–water partition coefficient (Wildman–Crippen LogP) is 2.39. The Morgan fingerprint density at radius 2 is 2.30 bits per heavy atom. The van der Waals surface area contributed by atoms with Crippen molar-refractivity contribution < 1.29 is 4.79 Å². The number of anilines is 1. The first-order valence-corrected chi connectivity index (χ1v) is 7.70. The highest BCUT2D eigenvalue weighted by molar-refractivity contribution is 7.20. The predicted molar refractivity (Wildman–Crippen MR) is 79.2 cm³/mol. The Kier molecular flexibility index (Phi) is 2.44. The number of carbonyl (C=O) groups excluding carboxylic acids is 1. The van der Waals surface area contributed by atoms with Crippen molar-refractivity contribution in [1.29, 1.82) is 0 Å². The molecule has 0 radical (unpaired) electrons. The lowest BCUT2D eigenvalue weighted by atomic mass is 9.70. The number of hydrogen-bond donors (Lipinski definition) is 3. The number of aromatic nitrogens is 2. The molecule has 1 saturated carbocycles. The van der Waals surface area contributed by atoms with Crippen molar-refractivity contribution in [2.45, 2.75) is 31.2 Å². The minimum Gasteiger partial charge on any atom is -0.379 e. The molecule has 0 bridgehead atoms. The van der Waals surface area contributed by atoms with Gasteiger partial charge in [-0.25, -0.2) is 0 Å². The van der Waals surface area contributed by atoms with Gasteiger partial charge < -0.3 is 10.6 Å². The number of nitrogens with one attached hydrogen (secondary N) is 3. The molecule has 104 valence electrons. The van der Waals surface area contributed by atoms with Crippen molar-refractivity contribution in [2.24, 2.45) is 0 Å². The summed E-state index contributed by atoms with van der Waals surface area (Å²) in [5, 5.41) is 14.4. The fourth-order valence-corrected chi connectivity index (χ4v) is 4.39. The molecular formula is C14H16N4OS. The fourth-order valence-electron chi connectivity index (χ4n) is 3.24. The Balaban J connectivity index is 1.89. The van der Waals surface area contributed by atoms with Gasteiger partial charge in [0.25, 0.3) is 5.91 Å². The van der Waals surface area contributed by atoms with Crippen molar-refractivity contribution in [3.8, 4) is 10.6 Å². The van der Waals surface area contributed by atoms with Crippen molar-refractivity contribution in [2.75, 3.05) is 12.4 Å². The third-order valence-corrected chi connectivity index (χ3v) is 5.69. The highest BCUT2D eigenvalue weighted by Crippen LogP contribution is 2.47. The minimum absolute atomic E-state index is 0.00490. The molecule has 0 unspecified atom stereocenters. The van der Waals surface area contributed by atoms with Crippen molar-refractivity contribution in [3.05, 3.63) is 23.4 Å². The van der Waals surface area contributed by atoms with Gasteiger partial charge in [0.05, 0.1) is 16.1 Å². The molecule has 3 heterocycles. The molecule has 0 saturated heterocycles. The molecular weight excluding hydrogens is 272 g/mol. The molecule has 3 N–H and O–H groups in total. The number of thiophene rings is 1. The third-order valence-electron chi connectivity index (χ3n) is 4.41. The van der Waals surface area contributed by atoms with Crippen LogP contribution in [0, 0.1) is 0 Å². The molecule has 20 heavy (non-hydrogen) atoms. The second kappa shape index (κ2) is 4.09. The van der Waals surface area contributed by atoms with Gasteiger partial charge in [0.1, 0.15) is 5.00 Å². The summed E-state index contributed by atoms with van der Waals surface area (Å²) in [5.41, 5.74) is 2.99. The summed E-state index contributed by atoms with van der Waals surface area (Å²) < 4.78 is 0. The third kappa shape index (κ3) is 1.54. The highest BCUT2D eigenvalue weighted by Gasteiger charge is 2.45. The lowest BCUT2D eigenvalue weighted by Crippen LogP contribution is -2.57. The van der Waals surface area contributed by atoms with Crippen molar-refractivity contribution in [1.82, 2.24) is 15.5 Å². The Morgan fingerprint density at radius 3 is 2.90 bits per heavy atom. The van der Waals surface area contributed by atoms with E-state index in [1.807, 2.05) is 13.1 Å². The summed E-state index contributed by atoms with van der Waals surface area (Å²) in [6, 6.07) is 1.96. The van der Waals surface area contributed by atoms with Gasteiger partial charge in [-0.2, -0.15) is 5.10 Å². The molecule has 1 amide bonds. The van der Waals surface area contributed by atoms with Crippen LogP contribution in [-0.2, 0) is 6.42 Å². The molecule has 1 aliphatic heterocycles. The summed E-state index contributed by atoms with van der Waals surface area (Å²) >= 11 is 1.63. The SMILES string of the molecule is CNc1sc(-c2ccn[nH]2)c2c1C(=O)NC1(CCC1)C2. The molecule has 0 aromatic carbocycles. The maximum Gasteiger partial charge on any atom is 0.255 e. The first-order valence-electron chi connectivity index (χ1n) is 6.88.